The van der Waals surface area contributed by atoms with Crippen molar-refractivity contribution in [3.8, 4) is 0 Å². The summed E-state index contributed by atoms with van der Waals surface area (Å²) in [5.74, 6) is 2.98. The molecule has 2 amide bonds. The zero-order chi connectivity index (χ0) is 22.9. The Morgan fingerprint density at radius 2 is 1.71 bits per heavy atom. The molecule has 2 aromatic rings. The van der Waals surface area contributed by atoms with Crippen molar-refractivity contribution in [2.45, 2.75) is 57.4 Å². The van der Waals surface area contributed by atoms with Gasteiger partial charge in [-0.3, -0.25) is 14.0 Å². The van der Waals surface area contributed by atoms with Crippen LogP contribution in [0.25, 0.3) is 5.65 Å². The Bertz CT molecular complexity index is 1100. The number of hydrogen-bond donors (Lipinski definition) is 2. The van der Waals surface area contributed by atoms with Crippen molar-refractivity contribution < 1.29 is 9.59 Å². The molecule has 4 aliphatic carbocycles. The molecular formula is C27H35N5O2. The number of fused-ring (bicyclic) bond motifs is 4. The van der Waals surface area contributed by atoms with Crippen molar-refractivity contribution in [1.82, 2.24) is 24.9 Å². The highest BCUT2D eigenvalue weighted by atomic mass is 16.2. The number of carbonyl (C=O) groups is 2. The Labute approximate surface area is 200 Å². The molecule has 7 nitrogen and oxygen atoms in total. The topological polar surface area (TPSA) is 78.7 Å². The predicted octanol–water partition coefficient (Wildman–Crippen LogP) is 3.10. The molecule has 7 fully saturated rings. The number of amides is 2. The molecule has 0 aromatic carbocycles. The number of imidazole rings is 1. The van der Waals surface area contributed by atoms with Gasteiger partial charge in [0.1, 0.15) is 17.0 Å². The monoisotopic (exact) mass is 461 g/mol. The highest BCUT2D eigenvalue weighted by Gasteiger charge is 2.50. The van der Waals surface area contributed by atoms with Crippen LogP contribution >= 0.6 is 0 Å². The van der Waals surface area contributed by atoms with Crippen LogP contribution < -0.4 is 10.6 Å². The summed E-state index contributed by atoms with van der Waals surface area (Å²) in [6.07, 6.45) is 12.1. The SMILES string of the molecule is O=C(N[C@@H]1CN2CCC1CC2)c1cn2c(C(=O)NCC34CC5CC(CC(C5)C3)C4)cccc2n1. The Morgan fingerprint density at radius 3 is 2.35 bits per heavy atom. The fraction of sp³-hybridized carbons (Fsp3) is 0.667. The van der Waals surface area contributed by atoms with Gasteiger partial charge < -0.3 is 15.5 Å². The second kappa shape index (κ2) is 7.80. The van der Waals surface area contributed by atoms with Crippen LogP contribution in [0.15, 0.2) is 24.4 Å². The van der Waals surface area contributed by atoms with E-state index in [1.165, 1.54) is 38.5 Å². The van der Waals surface area contributed by atoms with Gasteiger partial charge in [-0.1, -0.05) is 6.07 Å². The van der Waals surface area contributed by atoms with Gasteiger partial charge in [0.05, 0.1) is 0 Å². The molecule has 0 radical (unpaired) electrons. The zero-order valence-electron chi connectivity index (χ0n) is 19.8. The molecule has 9 rings (SSSR count). The van der Waals surface area contributed by atoms with Gasteiger partial charge in [0.2, 0.25) is 0 Å². The molecule has 3 aliphatic heterocycles. The van der Waals surface area contributed by atoms with Crippen LogP contribution in [0.1, 0.15) is 72.3 Å². The number of hydrogen-bond acceptors (Lipinski definition) is 4. The number of aromatic nitrogens is 2. The van der Waals surface area contributed by atoms with Crippen LogP contribution in [-0.4, -0.2) is 58.3 Å². The van der Waals surface area contributed by atoms with Crippen LogP contribution in [0.5, 0.6) is 0 Å². The number of carbonyl (C=O) groups excluding carboxylic acids is 2. The van der Waals surface area contributed by atoms with Crippen LogP contribution in [0.3, 0.4) is 0 Å². The largest absolute Gasteiger partial charge is 0.350 e. The van der Waals surface area contributed by atoms with Crippen LogP contribution in [0, 0.1) is 29.1 Å². The van der Waals surface area contributed by atoms with Crippen molar-refractivity contribution in [3.63, 3.8) is 0 Å². The lowest BCUT2D eigenvalue weighted by atomic mass is 9.49. The average Bonchev–Trinajstić information content (AvgIpc) is 3.27. The molecule has 2 aromatic heterocycles. The Morgan fingerprint density at radius 1 is 1.00 bits per heavy atom. The van der Waals surface area contributed by atoms with E-state index in [1.807, 2.05) is 18.2 Å². The quantitative estimate of drug-likeness (QED) is 0.717. The number of pyridine rings is 1. The normalized spacial score (nSPS) is 37.8. The lowest BCUT2D eigenvalue weighted by Crippen LogP contribution is -2.57. The van der Waals surface area contributed by atoms with Gasteiger partial charge >= 0.3 is 0 Å². The first-order chi connectivity index (χ1) is 16.5. The third kappa shape index (κ3) is 3.55. The fourth-order valence-electron chi connectivity index (χ4n) is 8.54. The second-order valence-electron chi connectivity index (χ2n) is 12.1. The number of nitrogens with one attached hydrogen (secondary N) is 2. The summed E-state index contributed by atoms with van der Waals surface area (Å²) in [4.78, 5) is 33.3. The zero-order valence-corrected chi connectivity index (χ0v) is 19.8. The molecular weight excluding hydrogens is 426 g/mol. The summed E-state index contributed by atoms with van der Waals surface area (Å²) in [6.45, 7) is 4.00. The van der Waals surface area contributed by atoms with E-state index in [1.54, 1.807) is 10.6 Å². The van der Waals surface area contributed by atoms with E-state index in [-0.39, 0.29) is 17.9 Å². The lowest BCUT2D eigenvalue weighted by molar-refractivity contribution is -0.0503. The van der Waals surface area contributed by atoms with E-state index in [2.05, 4.69) is 20.5 Å². The van der Waals surface area contributed by atoms with E-state index in [0.717, 1.165) is 56.8 Å². The van der Waals surface area contributed by atoms with Gasteiger partial charge in [0.25, 0.3) is 11.8 Å². The van der Waals surface area contributed by atoms with Gasteiger partial charge in [-0.15, -0.1) is 0 Å². The molecule has 7 aliphatic rings. The molecule has 6 bridgehead atoms. The van der Waals surface area contributed by atoms with Gasteiger partial charge in [0.15, 0.2) is 0 Å². The van der Waals surface area contributed by atoms with E-state index in [0.29, 0.717) is 28.4 Å². The maximum atomic E-state index is 13.3. The first-order valence-corrected chi connectivity index (χ1v) is 13.3. The van der Waals surface area contributed by atoms with Gasteiger partial charge in [-0.25, -0.2) is 4.98 Å². The maximum absolute atomic E-state index is 13.3. The number of nitrogens with zero attached hydrogens (tertiary/aromatic N) is 3. The summed E-state index contributed by atoms with van der Waals surface area (Å²) in [7, 11) is 0. The summed E-state index contributed by atoms with van der Waals surface area (Å²) in [5, 5.41) is 6.50. The first kappa shape index (κ1) is 20.9. The fourth-order valence-corrected chi connectivity index (χ4v) is 8.54. The number of rotatable bonds is 5. The van der Waals surface area contributed by atoms with Gasteiger partial charge in [-0.05, 0) is 106 Å². The van der Waals surface area contributed by atoms with Crippen LogP contribution in [-0.2, 0) is 0 Å². The first-order valence-electron chi connectivity index (χ1n) is 13.3. The summed E-state index contributed by atoms with van der Waals surface area (Å²) in [5.41, 5.74) is 1.88. The minimum Gasteiger partial charge on any atom is -0.350 e. The molecule has 34 heavy (non-hydrogen) atoms. The molecule has 1 atom stereocenters. The smallest absolute Gasteiger partial charge is 0.271 e. The van der Waals surface area contributed by atoms with E-state index >= 15 is 0 Å². The molecule has 3 saturated heterocycles. The standard InChI is InChI=1S/C27H35N5O2/c33-25(30-21-14-31-6-4-20(21)5-7-31)22-15-32-23(2-1-3-24(32)29-22)26(34)28-16-27-11-17-8-18(12-27)10-19(9-17)13-27/h1-3,15,17-21H,4-14,16H2,(H,28,34)(H,30,33)/t17?,18?,19?,21-,27?/m1/s1. The van der Waals surface area contributed by atoms with Crippen molar-refractivity contribution >= 4 is 17.5 Å². The molecule has 0 unspecified atom stereocenters. The lowest BCUT2D eigenvalue weighted by Gasteiger charge is -2.56. The van der Waals surface area contributed by atoms with Crippen molar-refractivity contribution in [1.29, 1.82) is 0 Å². The Kier molecular flexibility index (Phi) is 4.80. The average molecular weight is 462 g/mol. The van der Waals surface area contributed by atoms with Gasteiger partial charge in [-0.2, -0.15) is 0 Å². The second-order valence-corrected chi connectivity index (χ2v) is 12.1. The van der Waals surface area contributed by atoms with E-state index in [9.17, 15) is 9.59 Å². The summed E-state index contributed by atoms with van der Waals surface area (Å²) < 4.78 is 1.78. The summed E-state index contributed by atoms with van der Waals surface area (Å²) in [6, 6.07) is 5.75. The molecule has 2 N–H and O–H groups in total. The molecule has 0 spiro atoms. The van der Waals surface area contributed by atoms with E-state index < -0.39 is 0 Å². The van der Waals surface area contributed by atoms with E-state index in [4.69, 9.17) is 0 Å². The third-order valence-corrected chi connectivity index (χ3v) is 9.72. The van der Waals surface area contributed by atoms with Crippen molar-refractivity contribution in [3.05, 3.63) is 35.8 Å². The number of piperidine rings is 3. The Hall–Kier alpha value is -2.41. The minimum atomic E-state index is -0.137. The Balaban J connectivity index is 1.06. The molecule has 5 heterocycles. The van der Waals surface area contributed by atoms with Crippen molar-refractivity contribution in [2.75, 3.05) is 26.2 Å². The predicted molar refractivity (Wildman–Crippen MR) is 129 cm³/mol. The third-order valence-electron chi connectivity index (χ3n) is 9.72. The molecule has 7 heteroatoms. The molecule has 4 saturated carbocycles. The van der Waals surface area contributed by atoms with Crippen molar-refractivity contribution in [2.24, 2.45) is 29.1 Å². The summed E-state index contributed by atoms with van der Waals surface area (Å²) >= 11 is 0. The highest BCUT2D eigenvalue weighted by Crippen LogP contribution is 2.59. The van der Waals surface area contributed by atoms with Crippen LogP contribution in [0.2, 0.25) is 0 Å². The maximum Gasteiger partial charge on any atom is 0.271 e. The van der Waals surface area contributed by atoms with Gasteiger partial charge in [0, 0.05) is 25.3 Å². The van der Waals surface area contributed by atoms with Crippen LogP contribution in [0.4, 0.5) is 0 Å². The highest BCUT2D eigenvalue weighted by molar-refractivity contribution is 5.95. The molecule has 180 valence electrons. The minimum absolute atomic E-state index is 0.0666.